The van der Waals surface area contributed by atoms with Crippen LogP contribution in [0.4, 0.5) is 15.8 Å². The van der Waals surface area contributed by atoms with Gasteiger partial charge in [-0.1, -0.05) is 13.0 Å². The summed E-state index contributed by atoms with van der Waals surface area (Å²) < 4.78 is 13.6. The highest BCUT2D eigenvalue weighted by atomic mass is 19.1. The summed E-state index contributed by atoms with van der Waals surface area (Å²) in [5.41, 5.74) is -0.802. The smallest absolute Gasteiger partial charge is 0.295 e. The van der Waals surface area contributed by atoms with Crippen LogP contribution in [0.25, 0.3) is 0 Å². The minimum absolute atomic E-state index is 0.117. The molecule has 0 aliphatic carbocycles. The van der Waals surface area contributed by atoms with Gasteiger partial charge in [-0.15, -0.1) is 0 Å². The van der Waals surface area contributed by atoms with Crippen LogP contribution < -0.4 is 10.6 Å². The van der Waals surface area contributed by atoms with Gasteiger partial charge in [0.2, 0.25) is 5.91 Å². The number of nitro groups is 1. The summed E-state index contributed by atoms with van der Waals surface area (Å²) in [6.45, 7) is 3.10. The van der Waals surface area contributed by atoms with Gasteiger partial charge in [-0.05, 0) is 18.5 Å². The number of rotatable bonds is 3. The van der Waals surface area contributed by atoms with E-state index in [1.807, 2.05) is 6.92 Å². The lowest BCUT2D eigenvalue weighted by Gasteiger charge is -2.14. The molecule has 0 saturated carbocycles. The number of para-hydroxylation sites is 1. The van der Waals surface area contributed by atoms with Crippen LogP contribution in [0.1, 0.15) is 6.92 Å². The zero-order valence-corrected chi connectivity index (χ0v) is 10.4. The van der Waals surface area contributed by atoms with Crippen LogP contribution in [-0.4, -0.2) is 23.9 Å². The fourth-order valence-corrected chi connectivity index (χ4v) is 2.17. The molecular weight excluding hydrogens is 253 g/mol. The largest absolute Gasteiger partial charge is 0.318 e. The summed E-state index contributed by atoms with van der Waals surface area (Å²) in [5, 5.41) is 16.2. The van der Waals surface area contributed by atoms with Crippen LogP contribution >= 0.6 is 0 Å². The molecule has 6 nitrogen and oxygen atoms in total. The Bertz CT molecular complexity index is 521. The average molecular weight is 267 g/mol. The van der Waals surface area contributed by atoms with Gasteiger partial charge in [0, 0.05) is 12.6 Å². The normalized spacial score (nSPS) is 22.2. The Morgan fingerprint density at radius 3 is 2.84 bits per heavy atom. The molecule has 1 fully saturated rings. The third kappa shape index (κ3) is 2.70. The Kier molecular flexibility index (Phi) is 3.75. The first-order valence-electron chi connectivity index (χ1n) is 5.95. The number of carbonyl (C=O) groups is 1. The first-order chi connectivity index (χ1) is 9.00. The van der Waals surface area contributed by atoms with Gasteiger partial charge < -0.3 is 10.6 Å². The Morgan fingerprint density at radius 2 is 2.26 bits per heavy atom. The molecule has 1 heterocycles. The molecule has 1 aliphatic heterocycles. The van der Waals surface area contributed by atoms with Crippen LogP contribution in [0.5, 0.6) is 0 Å². The van der Waals surface area contributed by atoms with Gasteiger partial charge in [0.05, 0.1) is 10.8 Å². The van der Waals surface area contributed by atoms with E-state index in [1.54, 1.807) is 0 Å². The second-order valence-electron chi connectivity index (χ2n) is 4.62. The summed E-state index contributed by atoms with van der Waals surface area (Å²) in [7, 11) is 0. The minimum atomic E-state index is -0.804. The van der Waals surface area contributed by atoms with Crippen molar-refractivity contribution in [3.8, 4) is 0 Å². The van der Waals surface area contributed by atoms with Crippen molar-refractivity contribution in [3.05, 3.63) is 34.1 Å². The summed E-state index contributed by atoms with van der Waals surface area (Å²) in [6, 6.07) is 3.48. The molecule has 1 amide bonds. The topological polar surface area (TPSA) is 84.3 Å². The summed E-state index contributed by atoms with van der Waals surface area (Å²) in [5.74, 6) is -1.39. The van der Waals surface area contributed by atoms with E-state index in [1.165, 1.54) is 6.07 Å². The summed E-state index contributed by atoms with van der Waals surface area (Å²) in [4.78, 5) is 22.1. The molecule has 0 radical (unpaired) electrons. The highest BCUT2D eigenvalue weighted by Gasteiger charge is 2.31. The van der Waals surface area contributed by atoms with Gasteiger partial charge in [0.1, 0.15) is 0 Å². The summed E-state index contributed by atoms with van der Waals surface area (Å²) in [6.07, 6.45) is 0. The van der Waals surface area contributed by atoms with Crippen LogP contribution in [0.15, 0.2) is 18.2 Å². The van der Waals surface area contributed by atoms with E-state index in [2.05, 4.69) is 10.6 Å². The van der Waals surface area contributed by atoms with Crippen molar-refractivity contribution < 1.29 is 14.1 Å². The molecule has 19 heavy (non-hydrogen) atoms. The second-order valence-corrected chi connectivity index (χ2v) is 4.62. The molecule has 2 N–H and O–H groups in total. The van der Waals surface area contributed by atoms with E-state index in [-0.39, 0.29) is 17.5 Å². The number of benzene rings is 1. The monoisotopic (exact) mass is 267 g/mol. The molecule has 1 aromatic carbocycles. The molecule has 0 bridgehead atoms. The Morgan fingerprint density at radius 1 is 1.53 bits per heavy atom. The zero-order valence-electron chi connectivity index (χ0n) is 10.4. The van der Waals surface area contributed by atoms with Crippen LogP contribution in [0, 0.1) is 27.8 Å². The maximum atomic E-state index is 13.6. The number of nitrogens with one attached hydrogen (secondary N) is 2. The van der Waals surface area contributed by atoms with Crippen LogP contribution in [0.2, 0.25) is 0 Å². The quantitative estimate of drug-likeness (QED) is 0.642. The molecule has 2 unspecified atom stereocenters. The molecule has 1 saturated heterocycles. The molecule has 2 atom stereocenters. The minimum Gasteiger partial charge on any atom is -0.318 e. The highest BCUT2D eigenvalue weighted by Crippen LogP contribution is 2.28. The number of hydrogen-bond acceptors (Lipinski definition) is 4. The van der Waals surface area contributed by atoms with Gasteiger partial charge in [-0.25, -0.2) is 4.39 Å². The zero-order chi connectivity index (χ0) is 14.0. The lowest BCUT2D eigenvalue weighted by Crippen LogP contribution is -2.28. The van der Waals surface area contributed by atoms with E-state index in [9.17, 15) is 19.3 Å². The van der Waals surface area contributed by atoms with Gasteiger partial charge >= 0.3 is 0 Å². The predicted molar refractivity (Wildman–Crippen MR) is 67.2 cm³/mol. The maximum Gasteiger partial charge on any atom is 0.295 e. The Labute approximate surface area is 109 Å². The van der Waals surface area contributed by atoms with E-state index < -0.39 is 22.3 Å². The molecule has 102 valence electrons. The first kappa shape index (κ1) is 13.4. The number of amides is 1. The number of halogens is 1. The Hall–Kier alpha value is -2.02. The van der Waals surface area contributed by atoms with Crippen molar-refractivity contribution >= 4 is 17.3 Å². The number of nitrogens with zero attached hydrogens (tertiary/aromatic N) is 1. The summed E-state index contributed by atoms with van der Waals surface area (Å²) >= 11 is 0. The highest BCUT2D eigenvalue weighted by molar-refractivity contribution is 5.95. The van der Waals surface area contributed by atoms with Crippen LogP contribution in [-0.2, 0) is 4.79 Å². The lowest BCUT2D eigenvalue weighted by molar-refractivity contribution is -0.384. The fraction of sp³-hybridized carbons (Fsp3) is 0.417. The number of carbonyl (C=O) groups excluding carboxylic acids is 1. The van der Waals surface area contributed by atoms with Gasteiger partial charge in [0.15, 0.2) is 11.5 Å². The van der Waals surface area contributed by atoms with E-state index in [0.29, 0.717) is 13.1 Å². The molecule has 7 heteroatoms. The molecule has 1 aromatic rings. The van der Waals surface area contributed by atoms with Crippen LogP contribution in [0.3, 0.4) is 0 Å². The third-order valence-corrected chi connectivity index (χ3v) is 3.29. The van der Waals surface area contributed by atoms with E-state index in [0.717, 1.165) is 12.1 Å². The molecule has 0 aromatic heterocycles. The maximum absolute atomic E-state index is 13.6. The third-order valence-electron chi connectivity index (χ3n) is 3.29. The number of nitro benzene ring substituents is 1. The Balaban J connectivity index is 2.23. The van der Waals surface area contributed by atoms with Gasteiger partial charge in [0.25, 0.3) is 5.69 Å². The standard InChI is InChI=1S/C12H14FN3O3/c1-7-5-14-6-8(7)12(17)15-11-9(13)3-2-4-10(11)16(18)19/h2-4,7-8,14H,5-6H2,1H3,(H,15,17). The fourth-order valence-electron chi connectivity index (χ4n) is 2.17. The van der Waals surface area contributed by atoms with E-state index >= 15 is 0 Å². The van der Waals surface area contributed by atoms with Crippen molar-refractivity contribution in [2.24, 2.45) is 11.8 Å². The molecule has 1 aliphatic rings. The predicted octanol–water partition coefficient (Wildman–Crippen LogP) is 1.53. The van der Waals surface area contributed by atoms with Gasteiger partial charge in [-0.3, -0.25) is 14.9 Å². The van der Waals surface area contributed by atoms with E-state index in [4.69, 9.17) is 0 Å². The van der Waals surface area contributed by atoms with Crippen molar-refractivity contribution in [1.82, 2.24) is 5.32 Å². The SMILES string of the molecule is CC1CNCC1C(=O)Nc1c(F)cccc1[N+](=O)[O-]. The average Bonchev–Trinajstić information content (AvgIpc) is 2.77. The second kappa shape index (κ2) is 5.31. The number of hydrogen-bond donors (Lipinski definition) is 2. The van der Waals surface area contributed by atoms with Crippen molar-refractivity contribution in [2.45, 2.75) is 6.92 Å². The molecular formula is C12H14FN3O3. The number of anilines is 1. The lowest BCUT2D eigenvalue weighted by atomic mass is 9.97. The molecule has 0 spiro atoms. The van der Waals surface area contributed by atoms with Gasteiger partial charge in [-0.2, -0.15) is 0 Å². The first-order valence-corrected chi connectivity index (χ1v) is 5.95. The molecule has 2 rings (SSSR count). The van der Waals surface area contributed by atoms with Crippen molar-refractivity contribution in [1.29, 1.82) is 0 Å². The van der Waals surface area contributed by atoms with Crippen molar-refractivity contribution in [3.63, 3.8) is 0 Å². The van der Waals surface area contributed by atoms with Crippen molar-refractivity contribution in [2.75, 3.05) is 18.4 Å².